The average molecular weight is 231 g/mol. The molecule has 0 aromatic heterocycles. The Morgan fingerprint density at radius 1 is 1.50 bits per heavy atom. The van der Waals surface area contributed by atoms with Crippen molar-refractivity contribution < 1.29 is 0 Å². The molecule has 1 aromatic carbocycles. The van der Waals surface area contributed by atoms with Crippen LogP contribution in [0.4, 0.5) is 11.4 Å². The van der Waals surface area contributed by atoms with Crippen LogP contribution in [-0.4, -0.2) is 18.6 Å². The highest BCUT2D eigenvalue weighted by Crippen LogP contribution is 2.22. The van der Waals surface area contributed by atoms with Gasteiger partial charge in [0, 0.05) is 11.6 Å². The summed E-state index contributed by atoms with van der Waals surface area (Å²) in [6, 6.07) is 5.52. The Bertz CT molecular complexity index is 291. The Balaban J connectivity index is 2.42. The summed E-state index contributed by atoms with van der Waals surface area (Å²) in [6.45, 7) is 0.951. The number of nitrogens with one attached hydrogen (secondary N) is 1. The highest BCUT2D eigenvalue weighted by molar-refractivity contribution is 7.98. The van der Waals surface area contributed by atoms with Gasteiger partial charge in [-0.2, -0.15) is 11.8 Å². The van der Waals surface area contributed by atoms with Crippen molar-refractivity contribution >= 4 is 34.7 Å². The van der Waals surface area contributed by atoms with Gasteiger partial charge in [-0.05, 0) is 36.6 Å². The molecule has 0 aliphatic rings. The van der Waals surface area contributed by atoms with Crippen LogP contribution in [-0.2, 0) is 0 Å². The molecule has 0 bridgehead atoms. The number of thioether (sulfide) groups is 1. The van der Waals surface area contributed by atoms with E-state index in [4.69, 9.17) is 17.3 Å². The minimum atomic E-state index is 0.678. The van der Waals surface area contributed by atoms with Crippen LogP contribution in [0, 0.1) is 0 Å². The van der Waals surface area contributed by atoms with E-state index in [1.165, 1.54) is 5.75 Å². The number of anilines is 2. The first-order valence-corrected chi connectivity index (χ1v) is 6.29. The highest BCUT2D eigenvalue weighted by Gasteiger charge is 1.98. The van der Waals surface area contributed by atoms with Crippen molar-refractivity contribution in [2.45, 2.75) is 6.42 Å². The van der Waals surface area contributed by atoms with Gasteiger partial charge in [0.25, 0.3) is 0 Å². The summed E-state index contributed by atoms with van der Waals surface area (Å²) in [5, 5.41) is 3.96. The first kappa shape index (κ1) is 11.5. The fourth-order valence-electron chi connectivity index (χ4n) is 1.13. The van der Waals surface area contributed by atoms with Crippen molar-refractivity contribution in [2.75, 3.05) is 29.6 Å². The maximum absolute atomic E-state index is 5.79. The SMILES string of the molecule is CSCCCNc1ccc(Cl)cc1N. The topological polar surface area (TPSA) is 38.0 Å². The van der Waals surface area contributed by atoms with Gasteiger partial charge >= 0.3 is 0 Å². The number of hydrogen-bond donors (Lipinski definition) is 2. The van der Waals surface area contributed by atoms with Crippen LogP contribution in [0.15, 0.2) is 18.2 Å². The van der Waals surface area contributed by atoms with Crippen LogP contribution in [0.2, 0.25) is 5.02 Å². The summed E-state index contributed by atoms with van der Waals surface area (Å²) in [5.74, 6) is 1.17. The minimum Gasteiger partial charge on any atom is -0.397 e. The summed E-state index contributed by atoms with van der Waals surface area (Å²) in [4.78, 5) is 0. The number of nitrogen functional groups attached to an aromatic ring is 1. The third kappa shape index (κ3) is 3.68. The molecule has 0 saturated heterocycles. The molecular formula is C10H15ClN2S. The van der Waals surface area contributed by atoms with Gasteiger partial charge in [-0.3, -0.25) is 0 Å². The lowest BCUT2D eigenvalue weighted by atomic mass is 10.2. The highest BCUT2D eigenvalue weighted by atomic mass is 35.5. The predicted molar refractivity (Wildman–Crippen MR) is 67.4 cm³/mol. The molecule has 2 nitrogen and oxygen atoms in total. The van der Waals surface area contributed by atoms with E-state index in [2.05, 4.69) is 11.6 Å². The van der Waals surface area contributed by atoms with E-state index in [0.717, 1.165) is 18.7 Å². The van der Waals surface area contributed by atoms with Crippen LogP contribution in [0.3, 0.4) is 0 Å². The molecule has 3 N–H and O–H groups in total. The summed E-state index contributed by atoms with van der Waals surface area (Å²) in [7, 11) is 0. The number of nitrogens with two attached hydrogens (primary N) is 1. The molecule has 4 heteroatoms. The van der Waals surface area contributed by atoms with Gasteiger partial charge in [0.1, 0.15) is 0 Å². The second-order valence-corrected chi connectivity index (χ2v) is 4.43. The third-order valence-corrected chi connectivity index (χ3v) is 2.79. The maximum atomic E-state index is 5.79. The van der Waals surface area contributed by atoms with Gasteiger partial charge in [-0.25, -0.2) is 0 Å². The zero-order valence-electron chi connectivity index (χ0n) is 8.22. The van der Waals surface area contributed by atoms with Crippen molar-refractivity contribution in [1.29, 1.82) is 0 Å². The zero-order valence-corrected chi connectivity index (χ0v) is 9.79. The van der Waals surface area contributed by atoms with Crippen molar-refractivity contribution in [3.8, 4) is 0 Å². The van der Waals surface area contributed by atoms with Gasteiger partial charge in [-0.15, -0.1) is 0 Å². The summed E-state index contributed by atoms with van der Waals surface area (Å²) in [6.07, 6.45) is 3.25. The monoisotopic (exact) mass is 230 g/mol. The Morgan fingerprint density at radius 3 is 2.93 bits per heavy atom. The van der Waals surface area contributed by atoms with E-state index >= 15 is 0 Å². The molecule has 0 aliphatic carbocycles. The molecule has 0 atom stereocenters. The molecule has 0 spiro atoms. The van der Waals surface area contributed by atoms with Gasteiger partial charge < -0.3 is 11.1 Å². The molecule has 14 heavy (non-hydrogen) atoms. The lowest BCUT2D eigenvalue weighted by molar-refractivity contribution is 0.994. The Kier molecular flexibility index (Phi) is 4.98. The first-order chi connectivity index (χ1) is 6.74. The lowest BCUT2D eigenvalue weighted by Crippen LogP contribution is -2.04. The second-order valence-electron chi connectivity index (χ2n) is 3.00. The fraction of sp³-hybridized carbons (Fsp3) is 0.400. The standard InChI is InChI=1S/C10H15ClN2S/c1-14-6-2-5-13-10-4-3-8(11)7-9(10)12/h3-4,7,13H,2,5-6,12H2,1H3. The molecule has 1 rings (SSSR count). The number of halogens is 1. The first-order valence-electron chi connectivity index (χ1n) is 4.52. The van der Waals surface area contributed by atoms with E-state index in [9.17, 15) is 0 Å². The van der Waals surface area contributed by atoms with Crippen LogP contribution in [0.5, 0.6) is 0 Å². The van der Waals surface area contributed by atoms with Crippen LogP contribution in [0.25, 0.3) is 0 Å². The molecule has 0 fully saturated rings. The smallest absolute Gasteiger partial charge is 0.0574 e. The largest absolute Gasteiger partial charge is 0.397 e. The summed E-state index contributed by atoms with van der Waals surface area (Å²) >= 11 is 7.64. The molecule has 0 heterocycles. The van der Waals surface area contributed by atoms with Crippen molar-refractivity contribution in [3.05, 3.63) is 23.2 Å². The van der Waals surface area contributed by atoms with Crippen LogP contribution in [0.1, 0.15) is 6.42 Å². The van der Waals surface area contributed by atoms with Crippen molar-refractivity contribution in [1.82, 2.24) is 0 Å². The molecule has 78 valence electrons. The third-order valence-electron chi connectivity index (χ3n) is 1.85. The molecule has 0 aliphatic heterocycles. The van der Waals surface area contributed by atoms with Gasteiger partial charge in [0.15, 0.2) is 0 Å². The molecule has 1 aromatic rings. The van der Waals surface area contributed by atoms with E-state index in [1.54, 1.807) is 6.07 Å². The van der Waals surface area contributed by atoms with Crippen LogP contribution < -0.4 is 11.1 Å². The second kappa shape index (κ2) is 6.04. The minimum absolute atomic E-state index is 0.678. The van der Waals surface area contributed by atoms with Gasteiger partial charge in [-0.1, -0.05) is 11.6 Å². The van der Waals surface area contributed by atoms with E-state index in [-0.39, 0.29) is 0 Å². The quantitative estimate of drug-likeness (QED) is 0.603. The zero-order chi connectivity index (χ0) is 10.4. The van der Waals surface area contributed by atoms with Gasteiger partial charge in [0.05, 0.1) is 11.4 Å². The Labute approximate surface area is 94.2 Å². The Morgan fingerprint density at radius 2 is 2.29 bits per heavy atom. The summed E-state index contributed by atoms with van der Waals surface area (Å²) < 4.78 is 0. The molecular weight excluding hydrogens is 216 g/mol. The van der Waals surface area contributed by atoms with Gasteiger partial charge in [0.2, 0.25) is 0 Å². The van der Waals surface area contributed by atoms with Crippen molar-refractivity contribution in [3.63, 3.8) is 0 Å². The van der Waals surface area contributed by atoms with E-state index in [1.807, 2.05) is 23.9 Å². The number of rotatable bonds is 5. The predicted octanol–water partition coefficient (Wildman–Crippen LogP) is 3.09. The Hall–Kier alpha value is -0.540. The van der Waals surface area contributed by atoms with E-state index in [0.29, 0.717) is 10.7 Å². The number of hydrogen-bond acceptors (Lipinski definition) is 3. The molecule has 0 amide bonds. The fourth-order valence-corrected chi connectivity index (χ4v) is 1.75. The van der Waals surface area contributed by atoms with Crippen molar-refractivity contribution in [2.24, 2.45) is 0 Å². The summed E-state index contributed by atoms with van der Waals surface area (Å²) in [5.41, 5.74) is 7.46. The number of benzene rings is 1. The molecule has 0 radical (unpaired) electrons. The normalized spacial score (nSPS) is 10.1. The van der Waals surface area contributed by atoms with E-state index < -0.39 is 0 Å². The molecule has 0 unspecified atom stereocenters. The maximum Gasteiger partial charge on any atom is 0.0574 e. The average Bonchev–Trinajstić information content (AvgIpc) is 2.15. The molecule has 0 saturated carbocycles. The van der Waals surface area contributed by atoms with Crippen LogP contribution >= 0.6 is 23.4 Å². The lowest BCUT2D eigenvalue weighted by Gasteiger charge is -2.08.